The van der Waals surface area contributed by atoms with Gasteiger partial charge in [-0.1, -0.05) is 26.7 Å². The van der Waals surface area contributed by atoms with Gasteiger partial charge in [0.2, 0.25) is 0 Å². The van der Waals surface area contributed by atoms with Gasteiger partial charge in [-0.3, -0.25) is 0 Å². The molecule has 0 heterocycles. The summed E-state index contributed by atoms with van der Waals surface area (Å²) in [4.78, 5) is 0. The molecule has 0 unspecified atom stereocenters. The van der Waals surface area contributed by atoms with Crippen molar-refractivity contribution in [2.45, 2.75) is 39.5 Å². The fraction of sp³-hybridized carbons (Fsp3) is 1.00. The average Bonchev–Trinajstić information content (AvgIpc) is 1.89. The number of hydrogen-bond acceptors (Lipinski definition) is 1. The van der Waals surface area contributed by atoms with Crippen molar-refractivity contribution in [1.29, 1.82) is 0 Å². The second-order valence-corrected chi connectivity index (χ2v) is 2.32. The van der Waals surface area contributed by atoms with E-state index in [1.54, 1.807) is 0 Å². The van der Waals surface area contributed by atoms with Crippen molar-refractivity contribution in [2.75, 3.05) is 13.2 Å². The Balaban J connectivity index is -0.0000000533. The Kier molecular flexibility index (Phi) is 66.2. The van der Waals surface area contributed by atoms with Crippen molar-refractivity contribution in [3.8, 4) is 0 Å². The smallest absolute Gasteiger partial charge is 0 e. The van der Waals surface area contributed by atoms with Gasteiger partial charge in [0.15, 0.2) is 0 Å². The Morgan fingerprint density at radius 2 is 1.15 bits per heavy atom. The van der Waals surface area contributed by atoms with Crippen molar-refractivity contribution in [2.24, 2.45) is 0 Å². The average molecular weight is 365 g/mol. The molecule has 0 aromatic rings. The second-order valence-electron chi connectivity index (χ2n) is 2.32. The van der Waals surface area contributed by atoms with Crippen LogP contribution in [0.2, 0.25) is 0 Å². The van der Waals surface area contributed by atoms with E-state index < -0.39 is 0 Å². The van der Waals surface area contributed by atoms with Gasteiger partial charge in [-0.25, -0.2) is 0 Å². The van der Waals surface area contributed by atoms with Crippen LogP contribution >= 0.6 is 34.0 Å². The summed E-state index contributed by atoms with van der Waals surface area (Å²) < 4.78 is 5.31. The standard InChI is InChI=1S/C8H18O.2BrH.Li.Zn.H/c1-3-5-7-9-8-6-4-2;;;;;/h3-8H2,1-2H3;2*1H;;;. The van der Waals surface area contributed by atoms with Crippen LogP contribution in [-0.4, -0.2) is 32.1 Å². The molecule has 5 heteroatoms. The topological polar surface area (TPSA) is 9.23 Å². The van der Waals surface area contributed by atoms with Gasteiger partial charge in [-0.15, -0.1) is 34.0 Å². The number of halogens is 2. The maximum atomic E-state index is 5.31. The van der Waals surface area contributed by atoms with E-state index in [1.165, 1.54) is 25.7 Å². The number of ether oxygens (including phenoxy) is 1. The van der Waals surface area contributed by atoms with Gasteiger partial charge in [0.05, 0.1) is 0 Å². The summed E-state index contributed by atoms with van der Waals surface area (Å²) in [6, 6.07) is 0. The molecule has 0 fully saturated rings. The Morgan fingerprint density at radius 1 is 0.846 bits per heavy atom. The van der Waals surface area contributed by atoms with E-state index in [1.807, 2.05) is 0 Å². The molecule has 0 aromatic heterocycles. The van der Waals surface area contributed by atoms with Gasteiger partial charge in [-0.2, -0.15) is 0 Å². The largest absolute Gasteiger partial charge is 0 e. The Hall–Kier alpha value is 2.14. The summed E-state index contributed by atoms with van der Waals surface area (Å²) in [6.45, 7) is 6.28. The summed E-state index contributed by atoms with van der Waals surface area (Å²) in [7, 11) is 0. The van der Waals surface area contributed by atoms with Gasteiger partial charge in [0, 0.05) is 32.7 Å². The van der Waals surface area contributed by atoms with Crippen LogP contribution in [0, 0.1) is 0 Å². The van der Waals surface area contributed by atoms with Crippen LogP contribution in [0.25, 0.3) is 0 Å². The van der Waals surface area contributed by atoms with Gasteiger partial charge >= 0.3 is 18.9 Å². The molecule has 1 nitrogen and oxygen atoms in total. The van der Waals surface area contributed by atoms with Crippen LogP contribution in [0.3, 0.4) is 0 Å². The molecule has 13 heavy (non-hydrogen) atoms. The van der Waals surface area contributed by atoms with E-state index in [9.17, 15) is 0 Å². The van der Waals surface area contributed by atoms with E-state index in [0.717, 1.165) is 13.2 Å². The summed E-state index contributed by atoms with van der Waals surface area (Å²) in [5.74, 6) is 0. The van der Waals surface area contributed by atoms with Crippen LogP contribution in [-0.2, 0) is 24.2 Å². The fourth-order valence-electron chi connectivity index (χ4n) is 0.595. The summed E-state index contributed by atoms with van der Waals surface area (Å²) in [5.41, 5.74) is 0. The van der Waals surface area contributed by atoms with E-state index in [-0.39, 0.29) is 72.3 Å². The molecule has 0 aromatic carbocycles. The zero-order valence-electron chi connectivity index (χ0n) is 8.17. The summed E-state index contributed by atoms with van der Waals surface area (Å²) >= 11 is 0. The first-order valence-electron chi connectivity index (χ1n) is 3.99. The van der Waals surface area contributed by atoms with E-state index in [4.69, 9.17) is 4.74 Å². The van der Waals surface area contributed by atoms with Crippen LogP contribution in [0.1, 0.15) is 39.5 Å². The Bertz CT molecular complexity index is 55.4. The first-order valence-corrected chi connectivity index (χ1v) is 3.99. The Labute approximate surface area is 129 Å². The van der Waals surface area contributed by atoms with Gasteiger partial charge in [0.1, 0.15) is 0 Å². The molecule has 0 rings (SSSR count). The molecule has 0 bridgehead atoms. The van der Waals surface area contributed by atoms with Gasteiger partial charge < -0.3 is 4.74 Å². The maximum absolute atomic E-state index is 5.31. The molecular weight excluding hydrogens is 344 g/mol. The van der Waals surface area contributed by atoms with Crippen molar-refractivity contribution < 1.29 is 24.2 Å². The summed E-state index contributed by atoms with van der Waals surface area (Å²) in [5, 5.41) is 0. The fourth-order valence-corrected chi connectivity index (χ4v) is 0.595. The molecule has 0 aliphatic rings. The predicted octanol–water partition coefficient (Wildman–Crippen LogP) is 3.11. The third-order valence-corrected chi connectivity index (χ3v) is 1.28. The molecular formula is C8H21Br2LiOZn. The minimum absolute atomic E-state index is 0. The molecule has 76 valence electrons. The second kappa shape index (κ2) is 29.2. The van der Waals surface area contributed by atoms with E-state index >= 15 is 0 Å². The molecule has 0 saturated carbocycles. The predicted molar refractivity (Wildman–Crippen MR) is 68.4 cm³/mol. The van der Waals surface area contributed by atoms with Crippen LogP contribution in [0.4, 0.5) is 0 Å². The minimum atomic E-state index is 0. The van der Waals surface area contributed by atoms with Crippen LogP contribution in [0.5, 0.6) is 0 Å². The Morgan fingerprint density at radius 3 is 1.38 bits per heavy atom. The number of hydrogen-bond donors (Lipinski definition) is 0. The molecule has 0 aliphatic heterocycles. The monoisotopic (exact) mass is 362 g/mol. The maximum Gasteiger partial charge on any atom is 0 e. The minimum Gasteiger partial charge on any atom is 0 e. The SMILES string of the molecule is Br.Br.CCCCOCCCC.[LiH].[Zn]. The quantitative estimate of drug-likeness (QED) is 0.519. The molecule has 0 amide bonds. The van der Waals surface area contributed by atoms with Crippen molar-refractivity contribution >= 4 is 52.8 Å². The molecule has 0 N–H and O–H groups in total. The van der Waals surface area contributed by atoms with Crippen molar-refractivity contribution in [1.82, 2.24) is 0 Å². The molecule has 0 radical (unpaired) electrons. The first-order chi connectivity index (χ1) is 4.41. The zero-order valence-corrected chi connectivity index (χ0v) is 14.6. The molecule has 0 saturated heterocycles. The normalized spacial score (nSPS) is 6.92. The number of unbranched alkanes of at least 4 members (excludes halogenated alkanes) is 2. The number of rotatable bonds is 6. The molecule has 0 aliphatic carbocycles. The van der Waals surface area contributed by atoms with Gasteiger partial charge in [-0.05, 0) is 12.8 Å². The van der Waals surface area contributed by atoms with Crippen LogP contribution < -0.4 is 0 Å². The van der Waals surface area contributed by atoms with Crippen LogP contribution in [0.15, 0.2) is 0 Å². The molecule has 0 spiro atoms. The summed E-state index contributed by atoms with van der Waals surface area (Å²) in [6.07, 6.45) is 4.91. The zero-order chi connectivity index (χ0) is 6.95. The first kappa shape index (κ1) is 29.4. The van der Waals surface area contributed by atoms with Crippen molar-refractivity contribution in [3.05, 3.63) is 0 Å². The third kappa shape index (κ3) is 31.5. The molecule has 0 atom stereocenters. The van der Waals surface area contributed by atoms with Crippen molar-refractivity contribution in [3.63, 3.8) is 0 Å². The van der Waals surface area contributed by atoms with Gasteiger partial charge in [0.25, 0.3) is 0 Å². The van der Waals surface area contributed by atoms with E-state index in [0.29, 0.717) is 0 Å². The van der Waals surface area contributed by atoms with E-state index in [2.05, 4.69) is 13.8 Å². The third-order valence-electron chi connectivity index (χ3n) is 1.28.